The van der Waals surface area contributed by atoms with E-state index in [9.17, 15) is 14.7 Å². The minimum absolute atomic E-state index is 0.158. The average molecular weight is 317 g/mol. The number of hydrogen-bond donors (Lipinski definition) is 1. The molecule has 2 heterocycles. The summed E-state index contributed by atoms with van der Waals surface area (Å²) in [5.74, 6) is -0.110. The number of benzene rings is 1. The lowest BCUT2D eigenvalue weighted by Gasteiger charge is -2.26. The number of carboxylic acid groups (broad SMARTS) is 1. The van der Waals surface area contributed by atoms with Crippen molar-refractivity contribution in [3.8, 4) is 11.5 Å². The third kappa shape index (κ3) is 2.76. The maximum atomic E-state index is 12.7. The van der Waals surface area contributed by atoms with Gasteiger partial charge in [-0.2, -0.15) is 0 Å². The standard InChI is InChI=1S/C17H19NO5/c1-10-14(17(20)21)5-6-18(10)16(19)12-7-11-8-13(22-2)3-4-15(11)23-9-12/h3-4,7-8,10,14H,5-6,9H2,1-2H3,(H,20,21). The van der Waals surface area contributed by atoms with Crippen LogP contribution < -0.4 is 9.47 Å². The number of fused-ring (bicyclic) bond motifs is 1. The van der Waals surface area contributed by atoms with Crippen LogP contribution in [-0.4, -0.2) is 48.2 Å². The summed E-state index contributed by atoms with van der Waals surface area (Å²) in [5.41, 5.74) is 1.32. The van der Waals surface area contributed by atoms with Crippen LogP contribution >= 0.6 is 0 Å². The molecule has 2 aliphatic rings. The minimum atomic E-state index is -0.850. The van der Waals surface area contributed by atoms with Gasteiger partial charge in [-0.15, -0.1) is 0 Å². The van der Waals surface area contributed by atoms with Gasteiger partial charge in [-0.05, 0) is 37.6 Å². The largest absolute Gasteiger partial charge is 0.497 e. The first kappa shape index (κ1) is 15.4. The fourth-order valence-electron chi connectivity index (χ4n) is 3.15. The number of aliphatic carboxylic acids is 1. The van der Waals surface area contributed by atoms with Crippen molar-refractivity contribution in [2.75, 3.05) is 20.3 Å². The molecule has 2 aliphatic heterocycles. The summed E-state index contributed by atoms with van der Waals surface area (Å²) >= 11 is 0. The van der Waals surface area contributed by atoms with E-state index in [1.807, 2.05) is 12.1 Å². The van der Waals surface area contributed by atoms with E-state index in [0.29, 0.717) is 30.0 Å². The van der Waals surface area contributed by atoms with Crippen LogP contribution in [0.5, 0.6) is 11.5 Å². The molecule has 2 unspecified atom stereocenters. The van der Waals surface area contributed by atoms with E-state index in [4.69, 9.17) is 9.47 Å². The molecule has 122 valence electrons. The van der Waals surface area contributed by atoms with E-state index < -0.39 is 11.9 Å². The summed E-state index contributed by atoms with van der Waals surface area (Å²) in [7, 11) is 1.58. The van der Waals surface area contributed by atoms with Gasteiger partial charge in [0.25, 0.3) is 5.91 Å². The molecule has 1 aromatic rings. The van der Waals surface area contributed by atoms with E-state index in [0.717, 1.165) is 5.56 Å². The van der Waals surface area contributed by atoms with E-state index in [1.54, 1.807) is 31.1 Å². The Morgan fingerprint density at radius 2 is 2.17 bits per heavy atom. The van der Waals surface area contributed by atoms with Crippen molar-refractivity contribution in [3.05, 3.63) is 29.3 Å². The number of carboxylic acids is 1. The molecule has 0 spiro atoms. The van der Waals surface area contributed by atoms with E-state index in [2.05, 4.69) is 0 Å². The second kappa shape index (κ2) is 5.95. The fraction of sp³-hybridized carbons (Fsp3) is 0.412. The molecule has 2 atom stereocenters. The number of nitrogens with zero attached hydrogens (tertiary/aromatic N) is 1. The predicted octanol–water partition coefficient (Wildman–Crippen LogP) is 1.79. The minimum Gasteiger partial charge on any atom is -0.497 e. The monoisotopic (exact) mass is 317 g/mol. The molecule has 0 bridgehead atoms. The number of hydrogen-bond acceptors (Lipinski definition) is 4. The Labute approximate surface area is 134 Å². The smallest absolute Gasteiger partial charge is 0.308 e. The van der Waals surface area contributed by atoms with Gasteiger partial charge in [0.1, 0.15) is 18.1 Å². The Morgan fingerprint density at radius 1 is 1.39 bits per heavy atom. The Bertz CT molecular complexity index is 682. The van der Waals surface area contributed by atoms with Crippen LogP contribution in [0, 0.1) is 5.92 Å². The molecule has 0 radical (unpaired) electrons. The third-order valence-electron chi connectivity index (χ3n) is 4.54. The first-order valence-corrected chi connectivity index (χ1v) is 7.56. The highest BCUT2D eigenvalue weighted by atomic mass is 16.5. The average Bonchev–Trinajstić information content (AvgIpc) is 2.94. The fourth-order valence-corrected chi connectivity index (χ4v) is 3.15. The summed E-state index contributed by atoms with van der Waals surface area (Å²) in [5, 5.41) is 9.19. The molecule has 1 fully saturated rings. The normalized spacial score (nSPS) is 22.9. The Morgan fingerprint density at radius 3 is 2.83 bits per heavy atom. The molecule has 0 aliphatic carbocycles. The van der Waals surface area contributed by atoms with Crippen molar-refractivity contribution in [2.45, 2.75) is 19.4 Å². The van der Waals surface area contributed by atoms with Crippen LogP contribution in [0.15, 0.2) is 23.8 Å². The van der Waals surface area contributed by atoms with Crippen LogP contribution in [-0.2, 0) is 9.59 Å². The molecule has 1 saturated heterocycles. The SMILES string of the molecule is COc1ccc2c(c1)C=C(C(=O)N1CCC(C(=O)O)C1C)CO2. The second-order valence-electron chi connectivity index (χ2n) is 5.83. The maximum absolute atomic E-state index is 12.7. The van der Waals surface area contributed by atoms with Gasteiger partial charge in [-0.1, -0.05) is 0 Å². The van der Waals surface area contributed by atoms with E-state index in [-0.39, 0.29) is 18.6 Å². The molecule has 3 rings (SSSR count). The van der Waals surface area contributed by atoms with Gasteiger partial charge in [-0.25, -0.2) is 0 Å². The number of likely N-dealkylation sites (tertiary alicyclic amines) is 1. The number of methoxy groups -OCH3 is 1. The summed E-state index contributed by atoms with van der Waals surface area (Å²) in [6.07, 6.45) is 2.28. The van der Waals surface area contributed by atoms with Crippen LogP contribution in [0.25, 0.3) is 6.08 Å². The maximum Gasteiger partial charge on any atom is 0.308 e. The van der Waals surface area contributed by atoms with Crippen LogP contribution in [0.2, 0.25) is 0 Å². The lowest BCUT2D eigenvalue weighted by Crippen LogP contribution is -2.39. The van der Waals surface area contributed by atoms with Crippen molar-refractivity contribution in [1.29, 1.82) is 0 Å². The van der Waals surface area contributed by atoms with Gasteiger partial charge in [0.15, 0.2) is 0 Å². The Balaban J connectivity index is 1.83. The summed E-state index contributed by atoms with van der Waals surface area (Å²) < 4.78 is 10.8. The summed E-state index contributed by atoms with van der Waals surface area (Å²) in [4.78, 5) is 25.5. The van der Waals surface area contributed by atoms with Crippen molar-refractivity contribution >= 4 is 18.0 Å². The highest BCUT2D eigenvalue weighted by Crippen LogP contribution is 2.32. The summed E-state index contributed by atoms with van der Waals surface area (Å²) in [6.45, 7) is 2.43. The predicted molar refractivity (Wildman–Crippen MR) is 83.4 cm³/mol. The molecular weight excluding hydrogens is 298 g/mol. The van der Waals surface area contributed by atoms with Crippen molar-refractivity contribution < 1.29 is 24.2 Å². The van der Waals surface area contributed by atoms with Crippen molar-refractivity contribution in [1.82, 2.24) is 4.90 Å². The molecule has 1 N–H and O–H groups in total. The number of carbonyl (C=O) groups is 2. The topological polar surface area (TPSA) is 76.1 Å². The zero-order chi connectivity index (χ0) is 16.6. The molecule has 6 heteroatoms. The molecule has 0 aromatic heterocycles. The quantitative estimate of drug-likeness (QED) is 0.920. The van der Waals surface area contributed by atoms with E-state index in [1.165, 1.54) is 0 Å². The van der Waals surface area contributed by atoms with Gasteiger partial charge in [0.05, 0.1) is 18.6 Å². The number of rotatable bonds is 3. The van der Waals surface area contributed by atoms with Gasteiger partial charge in [0, 0.05) is 18.2 Å². The lowest BCUT2D eigenvalue weighted by atomic mass is 10.0. The van der Waals surface area contributed by atoms with Crippen LogP contribution in [0.4, 0.5) is 0 Å². The Hall–Kier alpha value is -2.50. The molecule has 1 aromatic carbocycles. The molecule has 1 amide bonds. The summed E-state index contributed by atoms with van der Waals surface area (Å²) in [6, 6.07) is 5.12. The second-order valence-corrected chi connectivity index (χ2v) is 5.83. The molecule has 0 saturated carbocycles. The highest BCUT2D eigenvalue weighted by Gasteiger charge is 2.39. The number of carbonyl (C=O) groups excluding carboxylic acids is 1. The van der Waals surface area contributed by atoms with Gasteiger partial charge in [-0.3, -0.25) is 9.59 Å². The number of amides is 1. The van der Waals surface area contributed by atoms with Crippen LogP contribution in [0.1, 0.15) is 18.9 Å². The third-order valence-corrected chi connectivity index (χ3v) is 4.54. The van der Waals surface area contributed by atoms with E-state index >= 15 is 0 Å². The molecular formula is C17H19NO5. The zero-order valence-electron chi connectivity index (χ0n) is 13.1. The lowest BCUT2D eigenvalue weighted by molar-refractivity contribution is -0.142. The van der Waals surface area contributed by atoms with Crippen molar-refractivity contribution in [3.63, 3.8) is 0 Å². The number of ether oxygens (including phenoxy) is 2. The first-order valence-electron chi connectivity index (χ1n) is 7.56. The van der Waals surface area contributed by atoms with Gasteiger partial charge < -0.3 is 19.5 Å². The highest BCUT2D eigenvalue weighted by molar-refractivity contribution is 5.99. The van der Waals surface area contributed by atoms with Gasteiger partial charge in [0.2, 0.25) is 0 Å². The zero-order valence-corrected chi connectivity index (χ0v) is 13.1. The van der Waals surface area contributed by atoms with Gasteiger partial charge >= 0.3 is 5.97 Å². The molecule has 6 nitrogen and oxygen atoms in total. The first-order chi connectivity index (χ1) is 11.0. The van der Waals surface area contributed by atoms with Crippen molar-refractivity contribution in [2.24, 2.45) is 5.92 Å². The molecule has 23 heavy (non-hydrogen) atoms. The Kier molecular flexibility index (Phi) is 3.98. The van der Waals surface area contributed by atoms with Crippen LogP contribution in [0.3, 0.4) is 0 Å².